The lowest BCUT2D eigenvalue weighted by atomic mass is 9.86. The SMILES string of the molecule is Cc1nc(-c2ccc(NC(=S)N[C@@H]3CCCC[C@H]3C)cc2)cs1. The standard InChI is InChI=1S/C18H23N3S2/c1-12-5-3-4-6-16(12)21-18(22)20-15-9-7-14(8-10-15)17-11-23-13(2)19-17/h7-12,16H,3-6H2,1-2H3,(H2,20,21,22)/t12-,16-/m1/s1. The highest BCUT2D eigenvalue weighted by Gasteiger charge is 2.21. The van der Waals surface area contributed by atoms with Crippen LogP contribution in [-0.4, -0.2) is 16.1 Å². The minimum atomic E-state index is 0.501. The Balaban J connectivity index is 1.58. The first-order chi connectivity index (χ1) is 11.1. The summed E-state index contributed by atoms with van der Waals surface area (Å²) in [5.74, 6) is 0.693. The molecule has 0 amide bonds. The van der Waals surface area contributed by atoms with Gasteiger partial charge in [-0.1, -0.05) is 31.9 Å². The predicted molar refractivity (Wildman–Crippen MR) is 103 cm³/mol. The molecule has 5 heteroatoms. The van der Waals surface area contributed by atoms with Crippen LogP contribution in [0.3, 0.4) is 0 Å². The van der Waals surface area contributed by atoms with E-state index in [2.05, 4.69) is 52.2 Å². The van der Waals surface area contributed by atoms with Crippen LogP contribution in [0.25, 0.3) is 11.3 Å². The van der Waals surface area contributed by atoms with Crippen molar-refractivity contribution < 1.29 is 0 Å². The van der Waals surface area contributed by atoms with Gasteiger partial charge in [0.2, 0.25) is 0 Å². The number of aryl methyl sites for hydroxylation is 1. The van der Waals surface area contributed by atoms with Crippen molar-refractivity contribution >= 4 is 34.4 Å². The van der Waals surface area contributed by atoms with E-state index in [1.54, 1.807) is 11.3 Å². The third-order valence-electron chi connectivity index (χ3n) is 4.49. The summed E-state index contributed by atoms with van der Waals surface area (Å²) in [4.78, 5) is 4.52. The van der Waals surface area contributed by atoms with Gasteiger partial charge in [0.25, 0.3) is 0 Å². The molecule has 23 heavy (non-hydrogen) atoms. The second-order valence-electron chi connectivity index (χ2n) is 6.30. The zero-order valence-electron chi connectivity index (χ0n) is 13.6. The normalized spacial score (nSPS) is 21.0. The van der Waals surface area contributed by atoms with Crippen LogP contribution in [0.5, 0.6) is 0 Å². The van der Waals surface area contributed by atoms with E-state index in [4.69, 9.17) is 12.2 Å². The largest absolute Gasteiger partial charge is 0.359 e. The molecule has 1 heterocycles. The van der Waals surface area contributed by atoms with Gasteiger partial charge in [0.05, 0.1) is 10.7 Å². The highest BCUT2D eigenvalue weighted by atomic mass is 32.1. The molecule has 1 aliphatic rings. The number of nitrogens with zero attached hydrogens (tertiary/aromatic N) is 1. The van der Waals surface area contributed by atoms with Crippen LogP contribution in [0, 0.1) is 12.8 Å². The summed E-state index contributed by atoms with van der Waals surface area (Å²) < 4.78 is 0. The Hall–Kier alpha value is -1.46. The summed E-state index contributed by atoms with van der Waals surface area (Å²) in [7, 11) is 0. The first-order valence-electron chi connectivity index (χ1n) is 8.22. The number of hydrogen-bond acceptors (Lipinski definition) is 3. The van der Waals surface area contributed by atoms with Gasteiger partial charge in [-0.05, 0) is 50.0 Å². The van der Waals surface area contributed by atoms with Gasteiger partial charge >= 0.3 is 0 Å². The van der Waals surface area contributed by atoms with Crippen LogP contribution in [0.4, 0.5) is 5.69 Å². The van der Waals surface area contributed by atoms with Crippen molar-refractivity contribution in [3.05, 3.63) is 34.7 Å². The molecule has 1 fully saturated rings. The Morgan fingerprint density at radius 2 is 1.96 bits per heavy atom. The topological polar surface area (TPSA) is 37.0 Å². The maximum absolute atomic E-state index is 5.47. The Morgan fingerprint density at radius 1 is 1.22 bits per heavy atom. The summed E-state index contributed by atoms with van der Waals surface area (Å²) in [6.07, 6.45) is 5.15. The average molecular weight is 346 g/mol. The number of thiocarbonyl (C=S) groups is 1. The summed E-state index contributed by atoms with van der Waals surface area (Å²) in [5.41, 5.74) is 3.19. The lowest BCUT2D eigenvalue weighted by Gasteiger charge is -2.30. The molecule has 0 radical (unpaired) electrons. The highest BCUT2D eigenvalue weighted by molar-refractivity contribution is 7.80. The van der Waals surface area contributed by atoms with Crippen molar-refractivity contribution in [2.75, 3.05) is 5.32 Å². The van der Waals surface area contributed by atoms with E-state index in [-0.39, 0.29) is 0 Å². The van der Waals surface area contributed by atoms with Gasteiger partial charge in [0.1, 0.15) is 0 Å². The van der Waals surface area contributed by atoms with E-state index in [0.717, 1.165) is 27.1 Å². The summed E-state index contributed by atoms with van der Waals surface area (Å²) >= 11 is 7.14. The van der Waals surface area contributed by atoms with Gasteiger partial charge in [-0.15, -0.1) is 11.3 Å². The monoisotopic (exact) mass is 345 g/mol. The highest BCUT2D eigenvalue weighted by Crippen LogP contribution is 2.25. The van der Waals surface area contributed by atoms with E-state index < -0.39 is 0 Å². The molecule has 1 aromatic heterocycles. The number of nitrogens with one attached hydrogen (secondary N) is 2. The van der Waals surface area contributed by atoms with Gasteiger partial charge in [-0.2, -0.15) is 0 Å². The quantitative estimate of drug-likeness (QED) is 0.769. The average Bonchev–Trinajstić information content (AvgIpc) is 2.97. The van der Waals surface area contributed by atoms with Crippen molar-refractivity contribution in [1.82, 2.24) is 10.3 Å². The molecule has 3 nitrogen and oxygen atoms in total. The number of anilines is 1. The van der Waals surface area contributed by atoms with Gasteiger partial charge in [-0.3, -0.25) is 0 Å². The van der Waals surface area contributed by atoms with Crippen LogP contribution in [0.2, 0.25) is 0 Å². The first-order valence-corrected chi connectivity index (χ1v) is 9.50. The van der Waals surface area contributed by atoms with E-state index in [1.807, 2.05) is 6.92 Å². The fourth-order valence-electron chi connectivity index (χ4n) is 3.09. The molecular weight excluding hydrogens is 322 g/mol. The fraction of sp³-hybridized carbons (Fsp3) is 0.444. The molecule has 0 saturated heterocycles. The fourth-order valence-corrected chi connectivity index (χ4v) is 3.98. The Morgan fingerprint density at radius 3 is 2.61 bits per heavy atom. The second-order valence-corrected chi connectivity index (χ2v) is 7.77. The molecule has 0 bridgehead atoms. The molecule has 2 atom stereocenters. The Labute approximate surface area is 147 Å². The molecule has 1 aliphatic carbocycles. The van der Waals surface area contributed by atoms with Crippen LogP contribution in [-0.2, 0) is 0 Å². The van der Waals surface area contributed by atoms with Crippen LogP contribution in [0.1, 0.15) is 37.6 Å². The van der Waals surface area contributed by atoms with Crippen molar-refractivity contribution in [2.24, 2.45) is 5.92 Å². The van der Waals surface area contributed by atoms with Crippen molar-refractivity contribution in [3.8, 4) is 11.3 Å². The van der Waals surface area contributed by atoms with Crippen molar-refractivity contribution in [3.63, 3.8) is 0 Å². The lowest BCUT2D eigenvalue weighted by Crippen LogP contribution is -2.43. The van der Waals surface area contributed by atoms with E-state index in [0.29, 0.717) is 12.0 Å². The van der Waals surface area contributed by atoms with E-state index in [1.165, 1.54) is 25.7 Å². The van der Waals surface area contributed by atoms with Gasteiger partial charge in [0, 0.05) is 22.7 Å². The maximum atomic E-state index is 5.47. The minimum absolute atomic E-state index is 0.501. The molecule has 3 rings (SSSR count). The molecule has 122 valence electrons. The number of rotatable bonds is 3. The maximum Gasteiger partial charge on any atom is 0.171 e. The molecule has 1 aromatic carbocycles. The first kappa shape index (κ1) is 16.4. The molecule has 1 saturated carbocycles. The number of thiazole rings is 1. The molecule has 0 unspecified atom stereocenters. The summed E-state index contributed by atoms with van der Waals surface area (Å²) in [6.45, 7) is 4.34. The van der Waals surface area contributed by atoms with Gasteiger partial charge < -0.3 is 10.6 Å². The molecular formula is C18H23N3S2. The third-order valence-corrected chi connectivity index (χ3v) is 5.48. The smallest absolute Gasteiger partial charge is 0.171 e. The second kappa shape index (κ2) is 7.41. The predicted octanol–water partition coefficient (Wildman–Crippen LogP) is 4.98. The van der Waals surface area contributed by atoms with Crippen LogP contribution < -0.4 is 10.6 Å². The number of aromatic nitrogens is 1. The van der Waals surface area contributed by atoms with Crippen LogP contribution >= 0.6 is 23.6 Å². The Kier molecular flexibility index (Phi) is 5.28. The molecule has 0 spiro atoms. The van der Waals surface area contributed by atoms with Crippen molar-refractivity contribution in [2.45, 2.75) is 45.6 Å². The third kappa shape index (κ3) is 4.30. The summed E-state index contributed by atoms with van der Waals surface area (Å²) in [6, 6.07) is 8.79. The van der Waals surface area contributed by atoms with E-state index in [9.17, 15) is 0 Å². The van der Waals surface area contributed by atoms with Gasteiger partial charge in [0.15, 0.2) is 5.11 Å². The zero-order valence-corrected chi connectivity index (χ0v) is 15.3. The van der Waals surface area contributed by atoms with Crippen LogP contribution in [0.15, 0.2) is 29.6 Å². The minimum Gasteiger partial charge on any atom is -0.359 e. The Bertz CT molecular complexity index is 663. The molecule has 2 N–H and O–H groups in total. The molecule has 0 aliphatic heterocycles. The lowest BCUT2D eigenvalue weighted by molar-refractivity contribution is 0.309. The van der Waals surface area contributed by atoms with Gasteiger partial charge in [-0.25, -0.2) is 4.98 Å². The zero-order chi connectivity index (χ0) is 16.2. The van der Waals surface area contributed by atoms with Crippen molar-refractivity contribution in [1.29, 1.82) is 0 Å². The summed E-state index contributed by atoms with van der Waals surface area (Å²) in [5, 5.41) is 10.7. The number of benzene rings is 1. The number of hydrogen-bond donors (Lipinski definition) is 2. The molecule has 2 aromatic rings. The van der Waals surface area contributed by atoms with E-state index >= 15 is 0 Å².